The predicted molar refractivity (Wildman–Crippen MR) is 85.7 cm³/mol. The van der Waals surface area contributed by atoms with E-state index in [0.717, 1.165) is 5.56 Å². The van der Waals surface area contributed by atoms with Crippen LogP contribution in [0.25, 0.3) is 0 Å². The molecule has 0 fully saturated rings. The quantitative estimate of drug-likeness (QED) is 0.731. The molecule has 1 aromatic carbocycles. The Morgan fingerprint density at radius 1 is 1.00 bits per heavy atom. The molecule has 3 aromatic rings. The minimum absolute atomic E-state index is 0.266. The van der Waals surface area contributed by atoms with Gasteiger partial charge in [0, 0.05) is 6.54 Å². The molecule has 0 aliphatic heterocycles. The van der Waals surface area contributed by atoms with Crippen LogP contribution in [-0.2, 0) is 13.1 Å². The molecule has 0 unspecified atom stereocenters. The van der Waals surface area contributed by atoms with E-state index in [1.54, 1.807) is 24.6 Å². The van der Waals surface area contributed by atoms with Crippen LogP contribution in [0, 0.1) is 0 Å². The van der Waals surface area contributed by atoms with Crippen LogP contribution in [0.2, 0.25) is 0 Å². The first-order valence-corrected chi connectivity index (χ1v) is 7.22. The van der Waals surface area contributed by atoms with Crippen molar-refractivity contribution in [2.24, 2.45) is 0 Å². The van der Waals surface area contributed by atoms with E-state index in [-0.39, 0.29) is 11.6 Å². The van der Waals surface area contributed by atoms with E-state index in [2.05, 4.69) is 20.6 Å². The molecule has 0 aliphatic carbocycles. The number of furan rings is 1. The SMILES string of the molecule is O=C(NCc1ccco1)c1cnc(NCc2ccccc2)cn1. The molecule has 0 bridgehead atoms. The van der Waals surface area contributed by atoms with Gasteiger partial charge in [0.25, 0.3) is 5.91 Å². The summed E-state index contributed by atoms with van der Waals surface area (Å²) in [5.41, 5.74) is 1.41. The Bertz CT molecular complexity index is 740. The number of nitrogens with zero attached hydrogens (tertiary/aromatic N) is 2. The van der Waals surface area contributed by atoms with Crippen molar-refractivity contribution in [2.75, 3.05) is 5.32 Å². The van der Waals surface area contributed by atoms with Crippen molar-refractivity contribution in [2.45, 2.75) is 13.1 Å². The van der Waals surface area contributed by atoms with E-state index in [9.17, 15) is 4.79 Å². The summed E-state index contributed by atoms with van der Waals surface area (Å²) in [6.45, 7) is 0.973. The fourth-order valence-electron chi connectivity index (χ4n) is 2.00. The number of hydrogen-bond acceptors (Lipinski definition) is 5. The summed E-state index contributed by atoms with van der Waals surface area (Å²) >= 11 is 0. The molecule has 2 aromatic heterocycles. The molecule has 116 valence electrons. The normalized spacial score (nSPS) is 10.3. The number of hydrogen-bond donors (Lipinski definition) is 2. The van der Waals surface area contributed by atoms with Crippen LogP contribution in [0.5, 0.6) is 0 Å². The highest BCUT2D eigenvalue weighted by Gasteiger charge is 2.08. The number of aromatic nitrogens is 2. The molecule has 2 heterocycles. The van der Waals surface area contributed by atoms with Gasteiger partial charge in [-0.3, -0.25) is 4.79 Å². The van der Waals surface area contributed by atoms with Gasteiger partial charge in [0.05, 0.1) is 25.2 Å². The minimum atomic E-state index is -0.288. The molecule has 0 atom stereocenters. The molecule has 0 radical (unpaired) electrons. The fraction of sp³-hybridized carbons (Fsp3) is 0.118. The van der Waals surface area contributed by atoms with E-state index in [4.69, 9.17) is 4.42 Å². The van der Waals surface area contributed by atoms with Crippen molar-refractivity contribution in [3.63, 3.8) is 0 Å². The summed E-state index contributed by atoms with van der Waals surface area (Å²) in [6.07, 6.45) is 4.56. The zero-order valence-electron chi connectivity index (χ0n) is 12.4. The Balaban J connectivity index is 1.53. The van der Waals surface area contributed by atoms with E-state index >= 15 is 0 Å². The van der Waals surface area contributed by atoms with Crippen molar-refractivity contribution >= 4 is 11.7 Å². The maximum atomic E-state index is 12.0. The van der Waals surface area contributed by atoms with Crippen molar-refractivity contribution in [1.82, 2.24) is 15.3 Å². The Hall–Kier alpha value is -3.15. The van der Waals surface area contributed by atoms with Gasteiger partial charge < -0.3 is 15.1 Å². The number of amides is 1. The van der Waals surface area contributed by atoms with Gasteiger partial charge in [0.1, 0.15) is 17.3 Å². The third-order valence-corrected chi connectivity index (χ3v) is 3.20. The van der Waals surface area contributed by atoms with Gasteiger partial charge >= 0.3 is 0 Å². The van der Waals surface area contributed by atoms with Crippen molar-refractivity contribution in [3.8, 4) is 0 Å². The molecule has 0 saturated carbocycles. The highest BCUT2D eigenvalue weighted by Crippen LogP contribution is 2.06. The Morgan fingerprint density at radius 3 is 2.57 bits per heavy atom. The van der Waals surface area contributed by atoms with E-state index in [0.29, 0.717) is 24.7 Å². The molecule has 0 aliphatic rings. The van der Waals surface area contributed by atoms with Gasteiger partial charge in [-0.15, -0.1) is 0 Å². The Morgan fingerprint density at radius 2 is 1.87 bits per heavy atom. The van der Waals surface area contributed by atoms with Crippen LogP contribution in [0.4, 0.5) is 5.82 Å². The molecule has 6 heteroatoms. The topological polar surface area (TPSA) is 80.0 Å². The molecule has 0 saturated heterocycles. The van der Waals surface area contributed by atoms with Crippen molar-refractivity contribution < 1.29 is 9.21 Å². The van der Waals surface area contributed by atoms with Crippen molar-refractivity contribution in [1.29, 1.82) is 0 Å². The van der Waals surface area contributed by atoms with E-state index in [1.807, 2.05) is 30.3 Å². The molecular weight excluding hydrogens is 292 g/mol. The lowest BCUT2D eigenvalue weighted by molar-refractivity contribution is 0.0942. The zero-order valence-corrected chi connectivity index (χ0v) is 12.4. The summed E-state index contributed by atoms with van der Waals surface area (Å²) in [6, 6.07) is 13.6. The first-order valence-electron chi connectivity index (χ1n) is 7.22. The lowest BCUT2D eigenvalue weighted by Crippen LogP contribution is -2.23. The summed E-state index contributed by atoms with van der Waals surface area (Å²) in [5.74, 6) is 1.02. The first kappa shape index (κ1) is 14.8. The van der Waals surface area contributed by atoms with Gasteiger partial charge in [-0.2, -0.15) is 0 Å². The smallest absolute Gasteiger partial charge is 0.271 e. The van der Waals surface area contributed by atoms with E-state index < -0.39 is 0 Å². The van der Waals surface area contributed by atoms with Crippen LogP contribution < -0.4 is 10.6 Å². The number of carbonyl (C=O) groups is 1. The number of rotatable bonds is 6. The number of carbonyl (C=O) groups excluding carboxylic acids is 1. The standard InChI is InChI=1S/C17H16N4O2/c22-17(21-10-14-7-4-8-23-14)15-11-20-16(12-18-15)19-9-13-5-2-1-3-6-13/h1-8,11-12H,9-10H2,(H,19,20)(H,21,22). The third kappa shape index (κ3) is 4.16. The van der Waals surface area contributed by atoms with Crippen LogP contribution in [0.15, 0.2) is 65.5 Å². The van der Waals surface area contributed by atoms with Gasteiger partial charge in [0.15, 0.2) is 0 Å². The Labute approximate surface area is 133 Å². The second kappa shape index (κ2) is 7.22. The highest BCUT2D eigenvalue weighted by atomic mass is 16.3. The first-order chi connectivity index (χ1) is 11.3. The Kier molecular flexibility index (Phi) is 4.63. The van der Waals surface area contributed by atoms with Gasteiger partial charge in [0.2, 0.25) is 0 Å². The molecular formula is C17H16N4O2. The van der Waals surface area contributed by atoms with Gasteiger partial charge in [-0.1, -0.05) is 30.3 Å². The lowest BCUT2D eigenvalue weighted by atomic mass is 10.2. The fourth-order valence-corrected chi connectivity index (χ4v) is 2.00. The van der Waals surface area contributed by atoms with Crippen LogP contribution in [0.3, 0.4) is 0 Å². The van der Waals surface area contributed by atoms with Crippen LogP contribution in [0.1, 0.15) is 21.8 Å². The minimum Gasteiger partial charge on any atom is -0.467 e. The maximum Gasteiger partial charge on any atom is 0.271 e. The zero-order chi connectivity index (χ0) is 15.9. The summed E-state index contributed by atoms with van der Waals surface area (Å²) in [4.78, 5) is 20.3. The predicted octanol–water partition coefficient (Wildman–Crippen LogP) is 2.61. The van der Waals surface area contributed by atoms with Crippen LogP contribution in [-0.4, -0.2) is 15.9 Å². The monoisotopic (exact) mass is 308 g/mol. The largest absolute Gasteiger partial charge is 0.467 e. The van der Waals surface area contributed by atoms with Crippen molar-refractivity contribution in [3.05, 3.63) is 78.1 Å². The molecule has 6 nitrogen and oxygen atoms in total. The highest BCUT2D eigenvalue weighted by molar-refractivity contribution is 5.91. The molecule has 2 N–H and O–H groups in total. The van der Waals surface area contributed by atoms with Crippen LogP contribution >= 0.6 is 0 Å². The summed E-state index contributed by atoms with van der Waals surface area (Å²) in [7, 11) is 0. The number of anilines is 1. The lowest BCUT2D eigenvalue weighted by Gasteiger charge is -2.06. The summed E-state index contributed by atoms with van der Waals surface area (Å²) < 4.78 is 5.15. The second-order valence-electron chi connectivity index (χ2n) is 4.89. The second-order valence-corrected chi connectivity index (χ2v) is 4.89. The summed E-state index contributed by atoms with van der Waals surface area (Å²) in [5, 5.41) is 5.88. The maximum absolute atomic E-state index is 12.0. The third-order valence-electron chi connectivity index (χ3n) is 3.20. The number of nitrogens with one attached hydrogen (secondary N) is 2. The average Bonchev–Trinajstić information content (AvgIpc) is 3.13. The van der Waals surface area contributed by atoms with Gasteiger partial charge in [-0.05, 0) is 17.7 Å². The average molecular weight is 308 g/mol. The van der Waals surface area contributed by atoms with Gasteiger partial charge in [-0.25, -0.2) is 9.97 Å². The number of benzene rings is 1. The molecule has 0 spiro atoms. The molecule has 1 amide bonds. The molecule has 3 rings (SSSR count). The molecule has 23 heavy (non-hydrogen) atoms. The van der Waals surface area contributed by atoms with E-state index in [1.165, 1.54) is 6.20 Å².